The van der Waals surface area contributed by atoms with Crippen molar-refractivity contribution in [3.63, 3.8) is 0 Å². The van der Waals surface area contributed by atoms with Crippen molar-refractivity contribution in [2.75, 3.05) is 26.4 Å². The van der Waals surface area contributed by atoms with E-state index in [1.165, 1.54) is 0 Å². The molecule has 0 aliphatic heterocycles. The highest BCUT2D eigenvalue weighted by molar-refractivity contribution is 5.38. The Hall–Kier alpha value is -0.940. The van der Waals surface area contributed by atoms with Crippen molar-refractivity contribution in [3.8, 4) is 0 Å². The van der Waals surface area contributed by atoms with Crippen LogP contribution in [0, 0.1) is 24.7 Å². The van der Waals surface area contributed by atoms with Gasteiger partial charge in [-0.3, -0.25) is 0 Å². The number of benzene rings is 1. The molecule has 0 aliphatic carbocycles. The highest BCUT2D eigenvalue weighted by Crippen LogP contribution is 2.29. The zero-order valence-electron chi connectivity index (χ0n) is 14.2. The lowest BCUT2D eigenvalue weighted by molar-refractivity contribution is 0.0691. The van der Waals surface area contributed by atoms with E-state index in [2.05, 4.69) is 12.1 Å². The van der Waals surface area contributed by atoms with Crippen molar-refractivity contribution in [3.05, 3.63) is 34.4 Å². The minimum absolute atomic E-state index is 0.0723. The van der Waals surface area contributed by atoms with E-state index in [0.717, 1.165) is 22.3 Å². The summed E-state index contributed by atoms with van der Waals surface area (Å²) in [5, 5.41) is 38.0. The van der Waals surface area contributed by atoms with E-state index in [1.807, 2.05) is 27.7 Å². The molecule has 0 atom stereocenters. The predicted molar refractivity (Wildman–Crippen MR) is 87.9 cm³/mol. The van der Waals surface area contributed by atoms with Gasteiger partial charge in [0.05, 0.1) is 26.4 Å². The molecule has 0 spiro atoms. The standard InChI is InChI=1S/C18H30O4/c1-13-5-14(2)16(8-18(4,11-21)12-22)6-15(13)7-17(3,9-19)10-20/h5-6,19-22H,7-12H2,1-4H3. The van der Waals surface area contributed by atoms with Crippen LogP contribution in [0.15, 0.2) is 12.1 Å². The van der Waals surface area contributed by atoms with E-state index < -0.39 is 10.8 Å². The molecule has 0 aliphatic rings. The number of aliphatic hydroxyl groups is 4. The first kappa shape index (κ1) is 19.1. The summed E-state index contributed by atoms with van der Waals surface area (Å²) in [7, 11) is 0. The molecule has 4 nitrogen and oxygen atoms in total. The summed E-state index contributed by atoms with van der Waals surface area (Å²) < 4.78 is 0. The Morgan fingerprint density at radius 2 is 1.00 bits per heavy atom. The van der Waals surface area contributed by atoms with Crippen LogP contribution in [-0.2, 0) is 12.8 Å². The molecule has 0 unspecified atom stereocenters. The van der Waals surface area contributed by atoms with Crippen LogP contribution in [0.4, 0.5) is 0 Å². The fourth-order valence-electron chi connectivity index (χ4n) is 2.57. The van der Waals surface area contributed by atoms with Gasteiger partial charge in [0.25, 0.3) is 0 Å². The van der Waals surface area contributed by atoms with Crippen LogP contribution in [0.1, 0.15) is 36.1 Å². The zero-order chi connectivity index (χ0) is 17.0. The monoisotopic (exact) mass is 310 g/mol. The molecule has 1 aromatic rings. The van der Waals surface area contributed by atoms with Crippen LogP contribution in [0.3, 0.4) is 0 Å². The van der Waals surface area contributed by atoms with Gasteiger partial charge >= 0.3 is 0 Å². The molecule has 0 aromatic heterocycles. The largest absolute Gasteiger partial charge is 0.396 e. The van der Waals surface area contributed by atoms with Gasteiger partial charge in [0.1, 0.15) is 0 Å². The lowest BCUT2D eigenvalue weighted by Crippen LogP contribution is -2.30. The maximum absolute atomic E-state index is 9.50. The van der Waals surface area contributed by atoms with Crippen molar-refractivity contribution in [2.24, 2.45) is 10.8 Å². The van der Waals surface area contributed by atoms with E-state index in [0.29, 0.717) is 12.8 Å². The van der Waals surface area contributed by atoms with Crippen molar-refractivity contribution in [1.29, 1.82) is 0 Å². The van der Waals surface area contributed by atoms with Crippen molar-refractivity contribution < 1.29 is 20.4 Å². The molecule has 0 fully saturated rings. The summed E-state index contributed by atoms with van der Waals surface area (Å²) in [5.74, 6) is 0. The third kappa shape index (κ3) is 4.53. The van der Waals surface area contributed by atoms with Crippen LogP contribution in [0.2, 0.25) is 0 Å². The molecule has 1 aromatic carbocycles. The normalized spacial score (nSPS) is 12.7. The fourth-order valence-corrected chi connectivity index (χ4v) is 2.57. The van der Waals surface area contributed by atoms with E-state index >= 15 is 0 Å². The van der Waals surface area contributed by atoms with Gasteiger partial charge in [-0.2, -0.15) is 0 Å². The zero-order valence-corrected chi connectivity index (χ0v) is 14.2. The third-order valence-electron chi connectivity index (χ3n) is 4.56. The third-order valence-corrected chi connectivity index (χ3v) is 4.56. The molecule has 0 saturated heterocycles. The second kappa shape index (κ2) is 7.55. The summed E-state index contributed by atoms with van der Waals surface area (Å²) in [6.07, 6.45) is 1.18. The maximum Gasteiger partial charge on any atom is 0.0509 e. The smallest absolute Gasteiger partial charge is 0.0509 e. The van der Waals surface area contributed by atoms with E-state index in [4.69, 9.17) is 0 Å². The van der Waals surface area contributed by atoms with Crippen molar-refractivity contribution >= 4 is 0 Å². The summed E-state index contributed by atoms with van der Waals surface area (Å²) in [6.45, 7) is 7.48. The molecule has 1 rings (SSSR count). The van der Waals surface area contributed by atoms with Crippen LogP contribution in [-0.4, -0.2) is 46.9 Å². The van der Waals surface area contributed by atoms with Crippen LogP contribution < -0.4 is 0 Å². The Balaban J connectivity index is 3.14. The second-order valence-electron chi connectivity index (χ2n) is 7.31. The highest BCUT2D eigenvalue weighted by Gasteiger charge is 2.26. The predicted octanol–water partition coefficient (Wildman–Crippen LogP) is 1.37. The number of hydrogen-bond donors (Lipinski definition) is 4. The Bertz CT molecular complexity index is 447. The average molecular weight is 310 g/mol. The molecular formula is C18H30O4. The minimum Gasteiger partial charge on any atom is -0.396 e. The Labute approximate surface area is 133 Å². The molecule has 4 N–H and O–H groups in total. The quantitative estimate of drug-likeness (QED) is 0.585. The van der Waals surface area contributed by atoms with Gasteiger partial charge in [-0.05, 0) is 48.9 Å². The van der Waals surface area contributed by atoms with Crippen molar-refractivity contribution in [2.45, 2.75) is 40.5 Å². The van der Waals surface area contributed by atoms with E-state index in [9.17, 15) is 20.4 Å². The van der Waals surface area contributed by atoms with Crippen molar-refractivity contribution in [1.82, 2.24) is 0 Å². The van der Waals surface area contributed by atoms with Gasteiger partial charge in [0, 0.05) is 10.8 Å². The van der Waals surface area contributed by atoms with Gasteiger partial charge < -0.3 is 20.4 Å². The average Bonchev–Trinajstić information content (AvgIpc) is 2.51. The van der Waals surface area contributed by atoms with Crippen LogP contribution >= 0.6 is 0 Å². The summed E-state index contributed by atoms with van der Waals surface area (Å²) >= 11 is 0. The summed E-state index contributed by atoms with van der Waals surface area (Å²) in [4.78, 5) is 0. The number of aliphatic hydroxyl groups excluding tert-OH is 4. The molecule has 0 radical (unpaired) electrons. The second-order valence-corrected chi connectivity index (χ2v) is 7.31. The minimum atomic E-state index is -0.547. The Morgan fingerprint density at radius 3 is 1.27 bits per heavy atom. The highest BCUT2D eigenvalue weighted by atomic mass is 16.3. The molecule has 0 amide bonds. The number of hydrogen-bond acceptors (Lipinski definition) is 4. The molecule has 0 heterocycles. The molecular weight excluding hydrogens is 280 g/mol. The van der Waals surface area contributed by atoms with Gasteiger partial charge in [-0.25, -0.2) is 0 Å². The fraction of sp³-hybridized carbons (Fsp3) is 0.667. The topological polar surface area (TPSA) is 80.9 Å². The van der Waals surface area contributed by atoms with E-state index in [-0.39, 0.29) is 26.4 Å². The van der Waals surface area contributed by atoms with Gasteiger partial charge in [-0.15, -0.1) is 0 Å². The molecule has 0 saturated carbocycles. The molecule has 4 heteroatoms. The number of rotatable bonds is 8. The van der Waals surface area contributed by atoms with Gasteiger partial charge in [0.2, 0.25) is 0 Å². The summed E-state index contributed by atoms with van der Waals surface area (Å²) in [6, 6.07) is 4.17. The molecule has 0 bridgehead atoms. The molecule has 126 valence electrons. The van der Waals surface area contributed by atoms with Gasteiger partial charge in [0.15, 0.2) is 0 Å². The molecule has 22 heavy (non-hydrogen) atoms. The first-order valence-electron chi connectivity index (χ1n) is 7.75. The lowest BCUT2D eigenvalue weighted by Gasteiger charge is -2.28. The lowest BCUT2D eigenvalue weighted by atomic mass is 9.80. The first-order chi connectivity index (χ1) is 10.2. The van der Waals surface area contributed by atoms with E-state index in [1.54, 1.807) is 0 Å². The Morgan fingerprint density at radius 1 is 0.682 bits per heavy atom. The number of aryl methyl sites for hydroxylation is 2. The summed E-state index contributed by atoms with van der Waals surface area (Å²) in [5.41, 5.74) is 3.34. The van der Waals surface area contributed by atoms with Crippen LogP contribution in [0.5, 0.6) is 0 Å². The maximum atomic E-state index is 9.50. The Kier molecular flexibility index (Phi) is 6.56. The SMILES string of the molecule is Cc1cc(C)c(CC(C)(CO)CO)cc1CC(C)(CO)CO. The van der Waals surface area contributed by atoms with Crippen LogP contribution in [0.25, 0.3) is 0 Å². The van der Waals surface area contributed by atoms with Gasteiger partial charge in [-0.1, -0.05) is 26.0 Å². The first-order valence-corrected chi connectivity index (χ1v) is 7.75.